The van der Waals surface area contributed by atoms with Crippen molar-refractivity contribution in [1.82, 2.24) is 13.7 Å². The van der Waals surface area contributed by atoms with Crippen LogP contribution >= 0.6 is 11.1 Å². The lowest BCUT2D eigenvalue weighted by molar-refractivity contribution is 0.0863. The highest BCUT2D eigenvalue weighted by Gasteiger charge is 2.37. The third kappa shape index (κ3) is 7.64. The molecule has 2 heterocycles. The van der Waals surface area contributed by atoms with E-state index in [0.717, 1.165) is 4.57 Å². The zero-order valence-electron chi connectivity index (χ0n) is 26.1. The van der Waals surface area contributed by atoms with Gasteiger partial charge in [0.2, 0.25) is 0 Å². The van der Waals surface area contributed by atoms with Crippen LogP contribution in [-0.2, 0) is 25.1 Å². The van der Waals surface area contributed by atoms with Crippen molar-refractivity contribution >= 4 is 37.7 Å². The Hall–Kier alpha value is -1.99. The molecule has 0 saturated carbocycles. The fourth-order valence-electron chi connectivity index (χ4n) is 3.48. The molecule has 3 rings (SSSR count). The first-order valence-electron chi connectivity index (χ1n) is 13.6. The van der Waals surface area contributed by atoms with Gasteiger partial charge in [-0.05, 0) is 35.3 Å². The maximum atomic E-state index is 14.0. The van der Waals surface area contributed by atoms with Crippen LogP contribution in [0.15, 0.2) is 40.1 Å². The highest BCUT2D eigenvalue weighted by Crippen LogP contribution is 2.38. The summed E-state index contributed by atoms with van der Waals surface area (Å²) < 4.78 is 24.3. The Labute approximate surface area is 244 Å². The number of aliphatic hydroxyl groups excluding tert-OH is 1. The molecule has 0 aliphatic carbocycles. The van der Waals surface area contributed by atoms with Gasteiger partial charge in [0, 0.05) is 25.9 Å². The number of rotatable bonds is 6. The minimum Gasteiger partial charge on any atom is -0.414 e. The zero-order valence-corrected chi connectivity index (χ0v) is 28.9. The highest BCUT2D eigenvalue weighted by atomic mass is 35.6. The molecule has 1 unspecified atom stereocenters. The Kier molecular flexibility index (Phi) is 10.3. The van der Waals surface area contributed by atoms with Crippen molar-refractivity contribution in [1.29, 1.82) is 0 Å². The Morgan fingerprint density at radius 2 is 1.55 bits per heavy atom. The predicted octanol–water partition coefficient (Wildman–Crippen LogP) is 6.46. The first kappa shape index (κ1) is 34.2. The molecule has 224 valence electrons. The van der Waals surface area contributed by atoms with Crippen LogP contribution in [0.1, 0.15) is 41.5 Å². The van der Waals surface area contributed by atoms with Crippen LogP contribution in [0.3, 0.4) is 0 Å². The van der Waals surface area contributed by atoms with Gasteiger partial charge < -0.3 is 14.1 Å². The lowest BCUT2D eigenvalue weighted by Crippen LogP contribution is -2.43. The van der Waals surface area contributed by atoms with Crippen LogP contribution in [0, 0.1) is 5.82 Å². The number of fused-ring (bicyclic) bond motifs is 1. The highest BCUT2D eigenvalue weighted by molar-refractivity contribution is 7.20. The molecular weight excluding hydrogens is 565 g/mol. The number of aromatic nitrogens is 3. The second-order valence-electron chi connectivity index (χ2n) is 13.6. The molecule has 1 atom stereocenters. The SMILES string of the molecule is CC(C)(C)[Si](C)(C)Cl.Cn1c(=O)c2c(-c3cccc(F)c3)n(CC(O)CO[Si](C)(C)C(C)(C)C)cc2n(C)c1=O. The van der Waals surface area contributed by atoms with Crippen molar-refractivity contribution in [3.8, 4) is 11.3 Å². The molecule has 7 nitrogen and oxygen atoms in total. The van der Waals surface area contributed by atoms with Gasteiger partial charge in [-0.1, -0.05) is 66.8 Å². The second-order valence-corrected chi connectivity index (χ2v) is 25.6. The van der Waals surface area contributed by atoms with Crippen molar-refractivity contribution < 1.29 is 13.9 Å². The summed E-state index contributed by atoms with van der Waals surface area (Å²) in [7, 11) is -0.439. The van der Waals surface area contributed by atoms with E-state index in [1.165, 1.54) is 23.7 Å². The largest absolute Gasteiger partial charge is 0.414 e. The summed E-state index contributed by atoms with van der Waals surface area (Å²) in [5.74, 6) is -0.438. The maximum absolute atomic E-state index is 14.0. The second kappa shape index (κ2) is 12.1. The first-order valence-corrected chi connectivity index (χ1v) is 20.5. The standard InChI is InChI=1S/C23H32FN3O4Si.C6H15ClSi/c1-23(2,3)32(6,7)31-14-17(28)12-27-13-18-19(21(29)26(5)22(30)25(18)4)20(27)15-9-8-10-16(24)11-15;1-6(2,3)8(4,5)7/h8-11,13,17,28H,12,14H2,1-7H3;1-5H3. The summed E-state index contributed by atoms with van der Waals surface area (Å²) in [6.45, 7) is 21.8. The molecule has 11 heteroatoms. The number of aryl methyl sites for hydroxylation is 1. The summed E-state index contributed by atoms with van der Waals surface area (Å²) in [6, 6.07) is 5.94. The molecule has 0 saturated heterocycles. The van der Waals surface area contributed by atoms with E-state index in [4.69, 9.17) is 15.5 Å². The van der Waals surface area contributed by atoms with Crippen molar-refractivity contribution in [2.24, 2.45) is 14.1 Å². The zero-order chi connectivity index (χ0) is 31.0. The van der Waals surface area contributed by atoms with Gasteiger partial charge in [-0.3, -0.25) is 13.9 Å². The van der Waals surface area contributed by atoms with E-state index < -0.39 is 38.9 Å². The fourth-order valence-corrected chi connectivity index (χ4v) is 4.52. The van der Waals surface area contributed by atoms with Gasteiger partial charge in [0.05, 0.1) is 35.9 Å². The minimum absolute atomic E-state index is 0.00602. The monoisotopic (exact) mass is 611 g/mol. The molecule has 1 N–H and O–H groups in total. The molecule has 0 fully saturated rings. The number of hydrogen-bond donors (Lipinski definition) is 1. The van der Waals surface area contributed by atoms with Gasteiger partial charge in [0.15, 0.2) is 15.7 Å². The number of aliphatic hydroxyl groups is 1. The molecule has 1 aromatic carbocycles. The van der Waals surface area contributed by atoms with E-state index >= 15 is 0 Å². The van der Waals surface area contributed by atoms with Crippen molar-refractivity contribution in [3.05, 3.63) is 57.1 Å². The summed E-state index contributed by atoms with van der Waals surface area (Å²) >= 11 is 6.15. The normalized spacial score (nSPS) is 13.8. The number of nitrogens with zero attached hydrogens (tertiary/aromatic N) is 3. The van der Waals surface area contributed by atoms with Crippen LogP contribution in [0.4, 0.5) is 4.39 Å². The van der Waals surface area contributed by atoms with Crippen LogP contribution in [0.2, 0.25) is 36.3 Å². The Balaban J connectivity index is 0.000000611. The Morgan fingerprint density at radius 3 is 2.02 bits per heavy atom. The third-order valence-corrected chi connectivity index (χ3v) is 18.0. The Morgan fingerprint density at radius 1 is 1.00 bits per heavy atom. The number of benzene rings is 1. The van der Waals surface area contributed by atoms with E-state index in [2.05, 4.69) is 67.7 Å². The molecule has 0 radical (unpaired) electrons. The lowest BCUT2D eigenvalue weighted by atomic mass is 10.1. The summed E-state index contributed by atoms with van der Waals surface area (Å²) in [6.07, 6.45) is 0.813. The number of halogens is 2. The predicted molar refractivity (Wildman–Crippen MR) is 170 cm³/mol. The fraction of sp³-hybridized carbons (Fsp3) is 0.586. The summed E-state index contributed by atoms with van der Waals surface area (Å²) in [5, 5.41) is 11.4. The smallest absolute Gasteiger partial charge is 0.330 e. The molecule has 0 aliphatic rings. The van der Waals surface area contributed by atoms with Gasteiger partial charge >= 0.3 is 5.69 Å². The van der Waals surface area contributed by atoms with Crippen molar-refractivity contribution in [3.63, 3.8) is 0 Å². The average Bonchev–Trinajstić information content (AvgIpc) is 3.17. The molecule has 0 spiro atoms. The van der Waals surface area contributed by atoms with Gasteiger partial charge in [-0.25, -0.2) is 9.18 Å². The topological polar surface area (TPSA) is 78.4 Å². The molecule has 40 heavy (non-hydrogen) atoms. The van der Waals surface area contributed by atoms with E-state index in [0.29, 0.717) is 27.2 Å². The van der Waals surface area contributed by atoms with E-state index in [-0.39, 0.29) is 18.2 Å². The van der Waals surface area contributed by atoms with Crippen LogP contribution < -0.4 is 11.2 Å². The molecule has 0 bridgehead atoms. The van der Waals surface area contributed by atoms with Crippen LogP contribution in [0.5, 0.6) is 0 Å². The van der Waals surface area contributed by atoms with E-state index in [9.17, 15) is 19.1 Å². The van der Waals surface area contributed by atoms with Crippen molar-refractivity contribution in [2.75, 3.05) is 6.61 Å². The van der Waals surface area contributed by atoms with Gasteiger partial charge in [0.1, 0.15) is 5.82 Å². The quantitative estimate of drug-likeness (QED) is 0.256. The average molecular weight is 612 g/mol. The molecule has 2 aromatic heterocycles. The van der Waals surface area contributed by atoms with E-state index in [1.807, 2.05) is 0 Å². The third-order valence-electron chi connectivity index (χ3n) is 8.24. The maximum Gasteiger partial charge on any atom is 0.330 e. The molecule has 3 aromatic rings. The summed E-state index contributed by atoms with van der Waals surface area (Å²) in [5.41, 5.74) is 0.464. The molecule has 0 aliphatic heterocycles. The Bertz CT molecular complexity index is 1450. The summed E-state index contributed by atoms with van der Waals surface area (Å²) in [4.78, 5) is 25.4. The van der Waals surface area contributed by atoms with Crippen molar-refractivity contribution in [2.45, 2.75) is 90.5 Å². The lowest BCUT2D eigenvalue weighted by Gasteiger charge is -2.36. The van der Waals surface area contributed by atoms with Crippen LogP contribution in [0.25, 0.3) is 22.2 Å². The molecular formula is C29H47ClFN3O4Si2. The van der Waals surface area contributed by atoms with Gasteiger partial charge in [0.25, 0.3) is 5.56 Å². The van der Waals surface area contributed by atoms with Gasteiger partial charge in [-0.15, -0.1) is 0 Å². The van der Waals surface area contributed by atoms with Crippen LogP contribution in [-0.4, -0.2) is 47.2 Å². The number of hydrogen-bond acceptors (Lipinski definition) is 4. The van der Waals surface area contributed by atoms with E-state index in [1.54, 1.807) is 29.9 Å². The first-order chi connectivity index (χ1) is 18.0. The minimum atomic E-state index is -2.05. The van der Waals surface area contributed by atoms with Gasteiger partial charge in [-0.2, -0.15) is 11.1 Å². The molecule has 0 amide bonds.